The first-order chi connectivity index (χ1) is 11.8. The zero-order valence-electron chi connectivity index (χ0n) is 13.0. The fourth-order valence-electron chi connectivity index (χ4n) is 3.29. The Bertz CT molecular complexity index is 996. The van der Waals surface area contributed by atoms with Crippen LogP contribution in [0.15, 0.2) is 36.4 Å². The third-order valence-electron chi connectivity index (χ3n) is 4.68. The Balaban J connectivity index is 1.68. The van der Waals surface area contributed by atoms with Crippen LogP contribution >= 0.6 is 0 Å². The van der Waals surface area contributed by atoms with Crippen molar-refractivity contribution in [2.45, 2.75) is 25.3 Å². The second-order valence-corrected chi connectivity index (χ2v) is 6.29. The summed E-state index contributed by atoms with van der Waals surface area (Å²) < 4.78 is 13.2. The smallest absolute Gasteiger partial charge is 0.231 e. The molecule has 0 radical (unpaired) electrons. The molecule has 1 saturated carbocycles. The molecule has 0 bridgehead atoms. The lowest BCUT2D eigenvalue weighted by molar-refractivity contribution is 0.174. The molecule has 0 amide bonds. The van der Waals surface area contributed by atoms with E-state index in [1.807, 2.05) is 36.4 Å². The van der Waals surface area contributed by atoms with Crippen molar-refractivity contribution in [3.05, 3.63) is 53.3 Å². The molecule has 0 N–H and O–H groups in total. The van der Waals surface area contributed by atoms with E-state index in [1.165, 1.54) is 12.8 Å². The highest BCUT2D eigenvalue weighted by molar-refractivity contribution is 5.81. The number of hydrogen-bond donors (Lipinski definition) is 0. The van der Waals surface area contributed by atoms with Gasteiger partial charge < -0.3 is 14.0 Å². The molecule has 1 aliphatic heterocycles. The Labute approximate surface area is 139 Å². The zero-order chi connectivity index (χ0) is 16.1. The molecule has 2 aliphatic rings. The van der Waals surface area contributed by atoms with Crippen LogP contribution in [0.25, 0.3) is 11.0 Å². The highest BCUT2D eigenvalue weighted by atomic mass is 16.7. The standard InChI is InChI=1S/C19H15N3O2/c20-9-13-3-1-2-4-14(13)10-22-16-8-18-17(23-11-24-18)7-15(16)21-19(22)12-5-6-12/h1-4,7-8,12H,5-6,10-11H2. The predicted octanol–water partition coefficient (Wildman–Crippen LogP) is 3.56. The lowest BCUT2D eigenvalue weighted by atomic mass is 10.1. The number of benzene rings is 2. The maximum atomic E-state index is 9.37. The molecule has 5 nitrogen and oxygen atoms in total. The third-order valence-corrected chi connectivity index (χ3v) is 4.68. The topological polar surface area (TPSA) is 60.1 Å². The van der Waals surface area contributed by atoms with Gasteiger partial charge in [0.2, 0.25) is 6.79 Å². The summed E-state index contributed by atoms with van der Waals surface area (Å²) in [6.45, 7) is 0.903. The number of rotatable bonds is 3. The average molecular weight is 317 g/mol. The summed E-state index contributed by atoms with van der Waals surface area (Å²) >= 11 is 0. The molecule has 3 aromatic rings. The van der Waals surface area contributed by atoms with Crippen molar-refractivity contribution >= 4 is 11.0 Å². The fraction of sp³-hybridized carbons (Fsp3) is 0.263. The van der Waals surface area contributed by atoms with E-state index < -0.39 is 0 Å². The van der Waals surface area contributed by atoms with Gasteiger partial charge in [0.15, 0.2) is 11.5 Å². The van der Waals surface area contributed by atoms with Gasteiger partial charge in [-0.05, 0) is 24.5 Å². The van der Waals surface area contributed by atoms with E-state index in [-0.39, 0.29) is 6.79 Å². The van der Waals surface area contributed by atoms with Crippen molar-refractivity contribution < 1.29 is 9.47 Å². The molecule has 118 valence electrons. The second-order valence-electron chi connectivity index (χ2n) is 6.29. The molecule has 5 rings (SSSR count). The minimum atomic E-state index is 0.259. The van der Waals surface area contributed by atoms with Crippen LogP contribution in [0.3, 0.4) is 0 Å². The number of fused-ring (bicyclic) bond motifs is 2. The Kier molecular flexibility index (Phi) is 2.80. The minimum Gasteiger partial charge on any atom is -0.454 e. The molecule has 5 heteroatoms. The lowest BCUT2D eigenvalue weighted by Crippen LogP contribution is -2.05. The normalized spacial score (nSPS) is 15.6. The Morgan fingerprint density at radius 3 is 2.75 bits per heavy atom. The fourth-order valence-corrected chi connectivity index (χ4v) is 3.29. The summed E-state index contributed by atoms with van der Waals surface area (Å²) in [6, 6.07) is 14.0. The lowest BCUT2D eigenvalue weighted by Gasteiger charge is -2.10. The second kappa shape index (κ2) is 5.00. The van der Waals surface area contributed by atoms with Crippen molar-refractivity contribution in [3.63, 3.8) is 0 Å². The monoisotopic (exact) mass is 317 g/mol. The summed E-state index contributed by atoms with van der Waals surface area (Å²) in [4.78, 5) is 4.85. The summed E-state index contributed by atoms with van der Waals surface area (Å²) in [5.74, 6) is 3.14. The maximum absolute atomic E-state index is 9.37. The van der Waals surface area contributed by atoms with Gasteiger partial charge in [0.1, 0.15) is 5.82 Å². The highest BCUT2D eigenvalue weighted by Gasteiger charge is 2.30. The summed E-state index contributed by atoms with van der Waals surface area (Å²) in [5, 5.41) is 9.37. The quantitative estimate of drug-likeness (QED) is 0.741. The molecule has 1 aliphatic carbocycles. The molecule has 1 fully saturated rings. The predicted molar refractivity (Wildman–Crippen MR) is 88.1 cm³/mol. The average Bonchev–Trinajstić information content (AvgIpc) is 3.26. The van der Waals surface area contributed by atoms with Crippen molar-refractivity contribution in [3.8, 4) is 17.6 Å². The number of aromatic nitrogens is 2. The first kappa shape index (κ1) is 13.4. The van der Waals surface area contributed by atoms with Gasteiger partial charge in [0.25, 0.3) is 0 Å². The van der Waals surface area contributed by atoms with E-state index >= 15 is 0 Å². The maximum Gasteiger partial charge on any atom is 0.231 e. The number of nitrogens with zero attached hydrogens (tertiary/aromatic N) is 3. The third kappa shape index (κ3) is 2.04. The highest BCUT2D eigenvalue weighted by Crippen LogP contribution is 2.43. The van der Waals surface area contributed by atoms with E-state index in [1.54, 1.807) is 0 Å². The molecule has 0 saturated heterocycles. The van der Waals surface area contributed by atoms with Crippen LogP contribution in [0.5, 0.6) is 11.5 Å². The number of imidazole rings is 1. The molecule has 0 spiro atoms. The van der Waals surface area contributed by atoms with E-state index in [9.17, 15) is 5.26 Å². The van der Waals surface area contributed by atoms with Crippen molar-refractivity contribution in [2.75, 3.05) is 6.79 Å². The van der Waals surface area contributed by atoms with Crippen LogP contribution in [-0.2, 0) is 6.54 Å². The molecule has 0 unspecified atom stereocenters. The van der Waals surface area contributed by atoms with E-state index in [4.69, 9.17) is 14.5 Å². The van der Waals surface area contributed by atoms with E-state index in [0.29, 0.717) is 18.0 Å². The molecule has 0 atom stereocenters. The van der Waals surface area contributed by atoms with Crippen LogP contribution < -0.4 is 9.47 Å². The van der Waals surface area contributed by atoms with Crippen molar-refractivity contribution in [1.82, 2.24) is 9.55 Å². The van der Waals surface area contributed by atoms with Gasteiger partial charge in [-0.25, -0.2) is 4.98 Å². The Hall–Kier alpha value is -3.00. The van der Waals surface area contributed by atoms with E-state index in [2.05, 4.69) is 10.6 Å². The van der Waals surface area contributed by atoms with Crippen LogP contribution in [0.4, 0.5) is 0 Å². The molecule has 2 heterocycles. The van der Waals surface area contributed by atoms with Gasteiger partial charge in [0, 0.05) is 18.1 Å². The molecule has 2 aromatic carbocycles. The van der Waals surface area contributed by atoms with Crippen LogP contribution in [0.2, 0.25) is 0 Å². The number of nitriles is 1. The largest absolute Gasteiger partial charge is 0.454 e. The molecule has 1 aromatic heterocycles. The summed E-state index contributed by atoms with van der Waals surface area (Å²) in [6.07, 6.45) is 2.35. The molecular formula is C19H15N3O2. The Morgan fingerprint density at radius 1 is 1.17 bits per heavy atom. The van der Waals surface area contributed by atoms with Gasteiger partial charge in [-0.3, -0.25) is 0 Å². The Morgan fingerprint density at radius 2 is 1.96 bits per heavy atom. The zero-order valence-corrected chi connectivity index (χ0v) is 13.0. The summed E-state index contributed by atoms with van der Waals surface area (Å²) in [5.41, 5.74) is 3.69. The van der Waals surface area contributed by atoms with Crippen LogP contribution in [-0.4, -0.2) is 16.3 Å². The minimum absolute atomic E-state index is 0.259. The first-order valence-corrected chi connectivity index (χ1v) is 8.11. The summed E-state index contributed by atoms with van der Waals surface area (Å²) in [7, 11) is 0. The molecular weight excluding hydrogens is 302 g/mol. The number of hydrogen-bond acceptors (Lipinski definition) is 4. The van der Waals surface area contributed by atoms with Crippen molar-refractivity contribution in [2.24, 2.45) is 0 Å². The van der Waals surface area contributed by atoms with Crippen LogP contribution in [0, 0.1) is 11.3 Å². The van der Waals surface area contributed by atoms with E-state index in [0.717, 1.165) is 33.9 Å². The van der Waals surface area contributed by atoms with Gasteiger partial charge in [-0.2, -0.15) is 5.26 Å². The SMILES string of the molecule is N#Cc1ccccc1Cn1c(C2CC2)nc2cc3c(cc21)OCO3. The number of ether oxygens (including phenoxy) is 2. The van der Waals surface area contributed by atoms with Gasteiger partial charge >= 0.3 is 0 Å². The van der Waals surface area contributed by atoms with Crippen LogP contribution in [0.1, 0.15) is 35.7 Å². The van der Waals surface area contributed by atoms with Gasteiger partial charge in [-0.15, -0.1) is 0 Å². The van der Waals surface area contributed by atoms with Gasteiger partial charge in [-0.1, -0.05) is 18.2 Å². The first-order valence-electron chi connectivity index (χ1n) is 8.11. The molecule has 24 heavy (non-hydrogen) atoms. The van der Waals surface area contributed by atoms with Crippen molar-refractivity contribution in [1.29, 1.82) is 5.26 Å². The van der Waals surface area contributed by atoms with Gasteiger partial charge in [0.05, 0.1) is 29.2 Å².